The van der Waals surface area contributed by atoms with E-state index in [4.69, 9.17) is 0 Å². The SMILES string of the molecule is CC(NC(=O)c1cc(Br)cn1C1CC1)c1ccsc1. The lowest BCUT2D eigenvalue weighted by Gasteiger charge is -2.14. The van der Waals surface area contributed by atoms with Gasteiger partial charge in [-0.05, 0) is 64.2 Å². The molecule has 2 aromatic rings. The second-order valence-electron chi connectivity index (χ2n) is 4.93. The molecule has 3 rings (SSSR count). The molecule has 2 aromatic heterocycles. The molecular weight excluding hydrogens is 324 g/mol. The maximum absolute atomic E-state index is 12.4. The second kappa shape index (κ2) is 5.13. The minimum Gasteiger partial charge on any atom is -0.344 e. The van der Waals surface area contributed by atoms with E-state index in [1.165, 1.54) is 12.8 Å². The van der Waals surface area contributed by atoms with Crippen molar-refractivity contribution in [3.05, 3.63) is 44.8 Å². The van der Waals surface area contributed by atoms with Crippen molar-refractivity contribution in [2.75, 3.05) is 0 Å². The third-order valence-corrected chi connectivity index (χ3v) is 4.51. The maximum Gasteiger partial charge on any atom is 0.268 e. The first-order chi connectivity index (χ1) is 9.15. The summed E-state index contributed by atoms with van der Waals surface area (Å²) >= 11 is 5.10. The zero-order chi connectivity index (χ0) is 13.4. The van der Waals surface area contributed by atoms with Crippen molar-refractivity contribution >= 4 is 33.2 Å². The predicted octanol–water partition coefficient (Wildman–Crippen LogP) is 4.14. The molecule has 1 fully saturated rings. The Morgan fingerprint density at radius 3 is 3.00 bits per heavy atom. The van der Waals surface area contributed by atoms with E-state index in [2.05, 4.69) is 31.2 Å². The summed E-state index contributed by atoms with van der Waals surface area (Å²) in [6, 6.07) is 4.49. The van der Waals surface area contributed by atoms with Crippen LogP contribution in [0.2, 0.25) is 0 Å². The minimum atomic E-state index is -0.00343. The number of hydrogen-bond acceptors (Lipinski definition) is 2. The van der Waals surface area contributed by atoms with Gasteiger partial charge in [0.15, 0.2) is 0 Å². The fraction of sp³-hybridized carbons (Fsp3) is 0.357. The summed E-state index contributed by atoms with van der Waals surface area (Å²) in [6.07, 6.45) is 4.34. The van der Waals surface area contributed by atoms with Gasteiger partial charge in [-0.25, -0.2) is 0 Å². The number of nitrogens with zero attached hydrogens (tertiary/aromatic N) is 1. The normalized spacial score (nSPS) is 16.3. The van der Waals surface area contributed by atoms with Crippen molar-refractivity contribution in [2.45, 2.75) is 31.8 Å². The highest BCUT2D eigenvalue weighted by atomic mass is 79.9. The molecule has 3 nitrogen and oxygen atoms in total. The van der Waals surface area contributed by atoms with Crippen LogP contribution in [-0.4, -0.2) is 10.5 Å². The maximum atomic E-state index is 12.4. The summed E-state index contributed by atoms with van der Waals surface area (Å²) in [4.78, 5) is 12.4. The lowest BCUT2D eigenvalue weighted by Crippen LogP contribution is -2.28. The Balaban J connectivity index is 1.77. The highest BCUT2D eigenvalue weighted by Crippen LogP contribution is 2.37. The van der Waals surface area contributed by atoms with Gasteiger partial charge in [0, 0.05) is 16.7 Å². The van der Waals surface area contributed by atoms with Crippen LogP contribution in [0.4, 0.5) is 0 Å². The van der Waals surface area contributed by atoms with E-state index in [1.807, 2.05) is 30.6 Å². The number of thiophene rings is 1. The van der Waals surface area contributed by atoms with Gasteiger partial charge in [0.1, 0.15) is 5.69 Å². The Labute approximate surface area is 124 Å². The van der Waals surface area contributed by atoms with Gasteiger partial charge in [-0.1, -0.05) is 0 Å². The van der Waals surface area contributed by atoms with Crippen LogP contribution >= 0.6 is 27.3 Å². The zero-order valence-electron chi connectivity index (χ0n) is 10.6. The lowest BCUT2D eigenvalue weighted by molar-refractivity contribution is 0.0930. The first kappa shape index (κ1) is 12.9. The van der Waals surface area contributed by atoms with E-state index >= 15 is 0 Å². The fourth-order valence-corrected chi connectivity index (χ4v) is 3.35. The molecule has 1 unspecified atom stereocenters. The molecule has 1 aliphatic rings. The summed E-state index contributed by atoms with van der Waals surface area (Å²) in [6.45, 7) is 2.01. The molecule has 0 spiro atoms. The molecule has 2 heterocycles. The second-order valence-corrected chi connectivity index (χ2v) is 6.63. The van der Waals surface area contributed by atoms with Crippen LogP contribution in [0.25, 0.3) is 0 Å². The van der Waals surface area contributed by atoms with Crippen LogP contribution < -0.4 is 5.32 Å². The van der Waals surface area contributed by atoms with Crippen molar-refractivity contribution in [2.24, 2.45) is 0 Å². The van der Waals surface area contributed by atoms with Gasteiger partial charge in [0.05, 0.1) is 6.04 Å². The van der Waals surface area contributed by atoms with Crippen molar-refractivity contribution < 1.29 is 4.79 Å². The lowest BCUT2D eigenvalue weighted by atomic mass is 10.2. The van der Waals surface area contributed by atoms with Crippen LogP contribution in [-0.2, 0) is 0 Å². The van der Waals surface area contributed by atoms with Crippen molar-refractivity contribution in [1.82, 2.24) is 9.88 Å². The minimum absolute atomic E-state index is 0.00343. The molecule has 0 saturated heterocycles. The largest absolute Gasteiger partial charge is 0.344 e. The predicted molar refractivity (Wildman–Crippen MR) is 80.6 cm³/mol. The zero-order valence-corrected chi connectivity index (χ0v) is 13.0. The highest BCUT2D eigenvalue weighted by molar-refractivity contribution is 9.10. The summed E-state index contributed by atoms with van der Waals surface area (Å²) in [7, 11) is 0. The van der Waals surface area contributed by atoms with Crippen LogP contribution in [0.1, 0.15) is 47.9 Å². The topological polar surface area (TPSA) is 34.0 Å². The third-order valence-electron chi connectivity index (χ3n) is 3.38. The molecule has 19 heavy (non-hydrogen) atoms. The molecule has 1 amide bonds. The van der Waals surface area contributed by atoms with Crippen molar-refractivity contribution in [3.8, 4) is 0 Å². The average molecular weight is 339 g/mol. The van der Waals surface area contributed by atoms with E-state index in [0.29, 0.717) is 6.04 Å². The molecule has 0 radical (unpaired) electrons. The summed E-state index contributed by atoms with van der Waals surface area (Å²) in [5, 5.41) is 7.16. The van der Waals surface area contributed by atoms with Crippen LogP contribution in [0, 0.1) is 0 Å². The monoisotopic (exact) mass is 338 g/mol. The Morgan fingerprint density at radius 2 is 2.37 bits per heavy atom. The molecule has 5 heteroatoms. The van der Waals surface area contributed by atoms with Gasteiger partial charge in [-0.15, -0.1) is 0 Å². The standard InChI is InChI=1S/C14H15BrN2OS/c1-9(10-4-5-19-8-10)16-14(18)13-6-11(15)7-17(13)12-2-3-12/h4-9,12H,2-3H2,1H3,(H,16,18). The first-order valence-corrected chi connectivity index (χ1v) is 8.09. The first-order valence-electron chi connectivity index (χ1n) is 6.35. The summed E-state index contributed by atoms with van der Waals surface area (Å²) < 4.78 is 3.05. The number of amides is 1. The molecule has 100 valence electrons. The number of rotatable bonds is 4. The molecular formula is C14H15BrN2OS. The smallest absolute Gasteiger partial charge is 0.268 e. The van der Waals surface area contributed by atoms with Crippen LogP contribution in [0.15, 0.2) is 33.6 Å². The molecule has 0 aliphatic heterocycles. The third kappa shape index (κ3) is 2.77. The van der Waals surface area contributed by atoms with E-state index in [0.717, 1.165) is 15.7 Å². The summed E-state index contributed by atoms with van der Waals surface area (Å²) in [5.74, 6) is -0.00343. The quantitative estimate of drug-likeness (QED) is 0.893. The molecule has 1 aliphatic carbocycles. The Morgan fingerprint density at radius 1 is 1.58 bits per heavy atom. The molecule has 1 N–H and O–H groups in total. The van der Waals surface area contributed by atoms with E-state index in [1.54, 1.807) is 11.3 Å². The average Bonchev–Trinajstić information content (AvgIpc) is 2.91. The van der Waals surface area contributed by atoms with Gasteiger partial charge < -0.3 is 9.88 Å². The molecule has 1 saturated carbocycles. The number of aromatic nitrogens is 1. The van der Waals surface area contributed by atoms with Gasteiger partial charge >= 0.3 is 0 Å². The number of carbonyl (C=O) groups excluding carboxylic acids is 1. The highest BCUT2D eigenvalue weighted by Gasteiger charge is 2.28. The van der Waals surface area contributed by atoms with E-state index in [9.17, 15) is 4.79 Å². The Bertz CT molecular complexity index is 587. The van der Waals surface area contributed by atoms with Crippen LogP contribution in [0.3, 0.4) is 0 Å². The molecule has 0 aromatic carbocycles. The summed E-state index contributed by atoms with van der Waals surface area (Å²) in [5.41, 5.74) is 1.90. The van der Waals surface area contributed by atoms with Gasteiger partial charge in [0.25, 0.3) is 5.91 Å². The fourth-order valence-electron chi connectivity index (χ4n) is 2.16. The Kier molecular flexibility index (Phi) is 3.50. The van der Waals surface area contributed by atoms with Gasteiger partial charge in [-0.2, -0.15) is 11.3 Å². The number of carbonyl (C=O) groups is 1. The van der Waals surface area contributed by atoms with Crippen molar-refractivity contribution in [3.63, 3.8) is 0 Å². The Hall–Kier alpha value is -1.07. The number of nitrogens with one attached hydrogen (secondary N) is 1. The number of hydrogen-bond donors (Lipinski definition) is 1. The van der Waals surface area contributed by atoms with Crippen LogP contribution in [0.5, 0.6) is 0 Å². The molecule has 1 atom stereocenters. The van der Waals surface area contributed by atoms with E-state index < -0.39 is 0 Å². The van der Waals surface area contributed by atoms with E-state index in [-0.39, 0.29) is 11.9 Å². The van der Waals surface area contributed by atoms with Crippen molar-refractivity contribution in [1.29, 1.82) is 0 Å². The number of halogens is 1. The molecule has 0 bridgehead atoms. The van der Waals surface area contributed by atoms with Gasteiger partial charge in [0.2, 0.25) is 0 Å². The van der Waals surface area contributed by atoms with Gasteiger partial charge in [-0.3, -0.25) is 4.79 Å².